The molecule has 0 aromatic carbocycles. The molecule has 0 aliphatic rings. The molecule has 0 unspecified atom stereocenters. The smallest absolute Gasteiger partial charge is 0.426 e. The number of rotatable bonds is 4. The fourth-order valence-electron chi connectivity index (χ4n) is 1.75. The molecule has 0 saturated heterocycles. The topological polar surface area (TPSA) is 111 Å². The van der Waals surface area contributed by atoms with Crippen molar-refractivity contribution < 1.29 is 33.4 Å². The first-order valence-electron chi connectivity index (χ1n) is 9.17. The molecule has 0 aliphatic carbocycles. The first-order chi connectivity index (χ1) is 12.4. The highest BCUT2D eigenvalue weighted by atomic mass is 16.6. The van der Waals surface area contributed by atoms with Crippen molar-refractivity contribution in [2.75, 3.05) is 6.54 Å². The predicted molar refractivity (Wildman–Crippen MR) is 103 cm³/mol. The maximum absolute atomic E-state index is 12.5. The van der Waals surface area contributed by atoms with Crippen LogP contribution >= 0.6 is 0 Å². The summed E-state index contributed by atoms with van der Waals surface area (Å²) in [5.41, 5.74) is -2.42. The minimum absolute atomic E-state index is 0.136. The molecule has 0 aromatic rings. The Morgan fingerprint density at radius 1 is 0.714 bits per heavy atom. The standard InChI is InChI=1S/C19H34N2O7/c1-17(2,3)26-14(23)20-12-10-11-13(22)21(15(24)27-18(4,5)6)16(25)28-19(7,8)9/h10-12H2,1-9H3,(H,20,23). The average molecular weight is 402 g/mol. The fraction of sp³-hybridized carbons (Fsp3) is 0.789. The van der Waals surface area contributed by atoms with Crippen LogP contribution in [0.15, 0.2) is 0 Å². The summed E-state index contributed by atoms with van der Waals surface area (Å²) in [7, 11) is 0. The number of nitrogens with one attached hydrogen (secondary N) is 1. The van der Waals surface area contributed by atoms with Crippen molar-refractivity contribution in [3.05, 3.63) is 0 Å². The highest BCUT2D eigenvalue weighted by Gasteiger charge is 2.35. The summed E-state index contributed by atoms with van der Waals surface area (Å²) in [6.45, 7) is 15.0. The summed E-state index contributed by atoms with van der Waals surface area (Å²) in [5, 5.41) is 2.50. The monoisotopic (exact) mass is 402 g/mol. The van der Waals surface area contributed by atoms with Gasteiger partial charge in [-0.15, -0.1) is 4.90 Å². The van der Waals surface area contributed by atoms with E-state index in [1.165, 1.54) is 0 Å². The molecule has 0 saturated carbocycles. The quantitative estimate of drug-likeness (QED) is 0.559. The van der Waals surface area contributed by atoms with Crippen molar-refractivity contribution >= 4 is 24.2 Å². The van der Waals surface area contributed by atoms with Crippen molar-refractivity contribution in [2.24, 2.45) is 0 Å². The zero-order valence-corrected chi connectivity index (χ0v) is 18.4. The number of nitrogens with zero attached hydrogens (tertiary/aromatic N) is 1. The number of ether oxygens (including phenoxy) is 3. The van der Waals surface area contributed by atoms with Crippen LogP contribution < -0.4 is 5.32 Å². The highest BCUT2D eigenvalue weighted by molar-refractivity contribution is 6.06. The largest absolute Gasteiger partial charge is 0.444 e. The Morgan fingerprint density at radius 2 is 1.11 bits per heavy atom. The number of carbonyl (C=O) groups is 4. The Morgan fingerprint density at radius 3 is 1.46 bits per heavy atom. The molecule has 9 heteroatoms. The first-order valence-corrected chi connectivity index (χ1v) is 9.17. The number of imide groups is 3. The number of carbonyl (C=O) groups excluding carboxylic acids is 4. The van der Waals surface area contributed by atoms with E-state index in [1.54, 1.807) is 62.3 Å². The van der Waals surface area contributed by atoms with Gasteiger partial charge >= 0.3 is 18.3 Å². The van der Waals surface area contributed by atoms with Crippen molar-refractivity contribution in [2.45, 2.75) is 92.0 Å². The molecule has 0 aliphatic heterocycles. The second-order valence-corrected chi connectivity index (χ2v) is 9.22. The van der Waals surface area contributed by atoms with Gasteiger partial charge in [0, 0.05) is 13.0 Å². The second-order valence-electron chi connectivity index (χ2n) is 9.22. The van der Waals surface area contributed by atoms with Crippen LogP contribution in [0.25, 0.3) is 0 Å². The molecule has 0 heterocycles. The van der Waals surface area contributed by atoms with Gasteiger partial charge in [-0.3, -0.25) is 4.79 Å². The number of hydrogen-bond donors (Lipinski definition) is 1. The van der Waals surface area contributed by atoms with Gasteiger partial charge in [-0.1, -0.05) is 0 Å². The van der Waals surface area contributed by atoms with Crippen molar-refractivity contribution in [3.63, 3.8) is 0 Å². The highest BCUT2D eigenvalue weighted by Crippen LogP contribution is 2.16. The van der Waals surface area contributed by atoms with E-state index in [1.807, 2.05) is 0 Å². The number of hydrogen-bond acceptors (Lipinski definition) is 7. The van der Waals surface area contributed by atoms with E-state index in [-0.39, 0.29) is 19.4 Å². The van der Waals surface area contributed by atoms with Crippen LogP contribution in [0.1, 0.15) is 75.2 Å². The minimum atomic E-state index is -1.10. The third kappa shape index (κ3) is 12.1. The average Bonchev–Trinajstić information content (AvgIpc) is 2.37. The Balaban J connectivity index is 4.91. The number of alkyl carbamates (subject to hydrolysis) is 1. The Bertz CT molecular complexity index is 553. The molecular formula is C19H34N2O7. The van der Waals surface area contributed by atoms with Crippen molar-refractivity contribution in [1.82, 2.24) is 10.2 Å². The van der Waals surface area contributed by atoms with Gasteiger partial charge in [0.05, 0.1) is 0 Å². The van der Waals surface area contributed by atoms with E-state index >= 15 is 0 Å². The maximum Gasteiger partial charge on any atom is 0.426 e. The second kappa shape index (κ2) is 9.75. The normalized spacial score (nSPS) is 12.0. The molecule has 0 aromatic heterocycles. The van der Waals surface area contributed by atoms with E-state index in [9.17, 15) is 19.2 Å². The third-order valence-corrected chi connectivity index (χ3v) is 2.64. The van der Waals surface area contributed by atoms with Gasteiger partial charge in [0.15, 0.2) is 0 Å². The van der Waals surface area contributed by atoms with E-state index in [4.69, 9.17) is 14.2 Å². The van der Waals surface area contributed by atoms with Gasteiger partial charge in [0.1, 0.15) is 16.8 Å². The SMILES string of the molecule is CC(C)(C)OC(=O)NCCCC(=O)N(C(=O)OC(C)(C)C)C(=O)OC(C)(C)C. The number of amides is 4. The van der Waals surface area contributed by atoms with Crippen LogP contribution in [0.2, 0.25) is 0 Å². The summed E-state index contributed by atoms with van der Waals surface area (Å²) >= 11 is 0. The molecule has 0 bridgehead atoms. The zero-order chi connectivity index (χ0) is 22.3. The van der Waals surface area contributed by atoms with E-state index in [2.05, 4.69) is 5.32 Å². The summed E-state index contributed by atoms with van der Waals surface area (Å²) in [6, 6.07) is 0. The van der Waals surface area contributed by atoms with Crippen molar-refractivity contribution in [3.8, 4) is 0 Å². The van der Waals surface area contributed by atoms with Crippen molar-refractivity contribution in [1.29, 1.82) is 0 Å². The lowest BCUT2D eigenvalue weighted by Crippen LogP contribution is -2.47. The first kappa shape index (κ1) is 25.7. The lowest BCUT2D eigenvalue weighted by Gasteiger charge is -2.27. The van der Waals surface area contributed by atoms with Gasteiger partial charge < -0.3 is 19.5 Å². The molecule has 1 N–H and O–H groups in total. The summed E-state index contributed by atoms with van der Waals surface area (Å²) in [6.07, 6.45) is -2.80. The Hall–Kier alpha value is -2.32. The third-order valence-electron chi connectivity index (χ3n) is 2.64. The molecular weight excluding hydrogens is 368 g/mol. The summed E-state index contributed by atoms with van der Waals surface area (Å²) in [4.78, 5) is 49.0. The van der Waals surface area contributed by atoms with Crippen LogP contribution in [-0.2, 0) is 19.0 Å². The molecule has 28 heavy (non-hydrogen) atoms. The van der Waals surface area contributed by atoms with Crippen LogP contribution in [0.5, 0.6) is 0 Å². The summed E-state index contributed by atoms with van der Waals surface area (Å²) < 4.78 is 15.3. The fourth-order valence-corrected chi connectivity index (χ4v) is 1.75. The molecule has 9 nitrogen and oxygen atoms in total. The van der Waals surface area contributed by atoms with Crippen LogP contribution in [-0.4, -0.2) is 52.4 Å². The van der Waals surface area contributed by atoms with Gasteiger partial charge in [-0.2, -0.15) is 0 Å². The molecule has 0 fully saturated rings. The molecule has 0 radical (unpaired) electrons. The van der Waals surface area contributed by atoms with E-state index in [0.717, 1.165) is 0 Å². The predicted octanol–water partition coefficient (Wildman–Crippen LogP) is 3.99. The van der Waals surface area contributed by atoms with Gasteiger partial charge in [0.2, 0.25) is 5.91 Å². The van der Waals surface area contributed by atoms with Crippen LogP contribution in [0, 0.1) is 0 Å². The molecule has 0 rings (SSSR count). The molecule has 162 valence electrons. The maximum atomic E-state index is 12.5. The lowest BCUT2D eigenvalue weighted by molar-refractivity contribution is -0.129. The van der Waals surface area contributed by atoms with Gasteiger partial charge in [-0.25, -0.2) is 14.4 Å². The molecule has 4 amide bonds. The zero-order valence-electron chi connectivity index (χ0n) is 18.4. The Kier molecular flexibility index (Phi) is 8.94. The van der Waals surface area contributed by atoms with E-state index < -0.39 is 41.0 Å². The van der Waals surface area contributed by atoms with Crippen LogP contribution in [0.3, 0.4) is 0 Å². The lowest BCUT2D eigenvalue weighted by atomic mass is 10.2. The minimum Gasteiger partial charge on any atom is -0.444 e. The molecule has 0 atom stereocenters. The van der Waals surface area contributed by atoms with E-state index in [0.29, 0.717) is 4.90 Å². The molecule has 0 spiro atoms. The van der Waals surface area contributed by atoms with Crippen LogP contribution in [0.4, 0.5) is 14.4 Å². The van der Waals surface area contributed by atoms with Gasteiger partial charge in [0.25, 0.3) is 0 Å². The van der Waals surface area contributed by atoms with Gasteiger partial charge in [-0.05, 0) is 68.7 Å². The summed E-state index contributed by atoms with van der Waals surface area (Å²) in [5.74, 6) is -0.783. The Labute approximate surface area is 167 Å².